The Balaban J connectivity index is 1.31. The van der Waals surface area contributed by atoms with Crippen molar-refractivity contribution in [2.45, 2.75) is 31.3 Å². The molecular weight excluding hydrogens is 402 g/mol. The van der Waals surface area contributed by atoms with Crippen molar-refractivity contribution in [1.82, 2.24) is 24.4 Å². The second-order valence-corrected chi connectivity index (χ2v) is 8.38. The minimum atomic E-state index is -0.111. The molecule has 2 fully saturated rings. The van der Waals surface area contributed by atoms with Crippen molar-refractivity contribution < 1.29 is 4.79 Å². The van der Waals surface area contributed by atoms with Gasteiger partial charge in [-0.25, -0.2) is 14.8 Å². The van der Waals surface area contributed by atoms with Gasteiger partial charge in [-0.05, 0) is 50.1 Å². The van der Waals surface area contributed by atoms with E-state index < -0.39 is 0 Å². The molecule has 1 N–H and O–H groups in total. The van der Waals surface area contributed by atoms with E-state index >= 15 is 0 Å². The van der Waals surface area contributed by atoms with Crippen LogP contribution in [0.25, 0.3) is 5.69 Å². The molecule has 2 aliphatic rings. The van der Waals surface area contributed by atoms with Crippen molar-refractivity contribution in [2.75, 3.05) is 23.8 Å². The molecule has 30 heavy (non-hydrogen) atoms. The molecule has 1 spiro atoms. The molecule has 0 radical (unpaired) electrons. The Kier molecular flexibility index (Phi) is 4.39. The monoisotopic (exact) mass is 423 g/mol. The van der Waals surface area contributed by atoms with Crippen LogP contribution in [0.15, 0.2) is 49.1 Å². The third-order valence-electron chi connectivity index (χ3n) is 5.94. The summed E-state index contributed by atoms with van der Waals surface area (Å²) < 4.78 is 1.94. The SMILES string of the molecule is CC(Nc1nccc(N2CC3(CC3)N(C)C2=O)n1)c1cn(-c2ccc(Cl)cc2)cn1. The average molecular weight is 424 g/mol. The molecule has 1 atom stereocenters. The lowest BCUT2D eigenvalue weighted by Gasteiger charge is -2.17. The van der Waals surface area contributed by atoms with Crippen molar-refractivity contribution in [3.8, 4) is 5.69 Å². The highest BCUT2D eigenvalue weighted by atomic mass is 35.5. The molecule has 2 aromatic heterocycles. The smallest absolute Gasteiger partial charge is 0.326 e. The first-order chi connectivity index (χ1) is 14.4. The number of nitrogens with one attached hydrogen (secondary N) is 1. The predicted octanol–water partition coefficient (Wildman–Crippen LogP) is 3.89. The maximum absolute atomic E-state index is 12.6. The molecule has 8 nitrogen and oxygen atoms in total. The van der Waals surface area contributed by atoms with Gasteiger partial charge in [-0.15, -0.1) is 0 Å². The Bertz CT molecular complexity index is 1090. The molecule has 9 heteroatoms. The number of likely N-dealkylation sites (N-methyl/N-ethyl adjacent to an activating group) is 1. The summed E-state index contributed by atoms with van der Waals surface area (Å²) in [6.45, 7) is 2.68. The minimum absolute atomic E-state index is 0.00256. The number of nitrogens with zero attached hydrogens (tertiary/aromatic N) is 6. The van der Waals surface area contributed by atoms with Crippen LogP contribution in [0.1, 0.15) is 31.5 Å². The fourth-order valence-corrected chi connectivity index (χ4v) is 3.95. The van der Waals surface area contributed by atoms with Gasteiger partial charge in [-0.2, -0.15) is 4.98 Å². The van der Waals surface area contributed by atoms with E-state index in [-0.39, 0.29) is 17.6 Å². The van der Waals surface area contributed by atoms with Crippen LogP contribution in [0, 0.1) is 0 Å². The van der Waals surface area contributed by atoms with Gasteiger partial charge in [-0.1, -0.05) is 11.6 Å². The Morgan fingerprint density at radius 1 is 1.17 bits per heavy atom. The van der Waals surface area contributed by atoms with E-state index in [1.54, 1.807) is 23.5 Å². The van der Waals surface area contributed by atoms with Crippen LogP contribution in [-0.4, -0.2) is 49.6 Å². The molecule has 154 valence electrons. The van der Waals surface area contributed by atoms with E-state index in [1.165, 1.54) is 0 Å². The molecule has 1 saturated heterocycles. The second kappa shape index (κ2) is 6.98. The molecule has 1 unspecified atom stereocenters. The zero-order valence-electron chi connectivity index (χ0n) is 16.8. The van der Waals surface area contributed by atoms with Gasteiger partial charge in [0.25, 0.3) is 0 Å². The number of amides is 2. The topological polar surface area (TPSA) is 79.2 Å². The number of aromatic nitrogens is 4. The van der Waals surface area contributed by atoms with E-state index in [4.69, 9.17) is 11.6 Å². The molecule has 1 saturated carbocycles. The van der Waals surface area contributed by atoms with Gasteiger partial charge in [0.05, 0.1) is 30.1 Å². The maximum Gasteiger partial charge on any atom is 0.326 e. The first-order valence-electron chi connectivity index (χ1n) is 9.90. The summed E-state index contributed by atoms with van der Waals surface area (Å²) in [4.78, 5) is 29.6. The Morgan fingerprint density at radius 2 is 1.93 bits per heavy atom. The average Bonchev–Trinajstić information content (AvgIpc) is 3.28. The van der Waals surface area contributed by atoms with Gasteiger partial charge in [0.1, 0.15) is 5.82 Å². The van der Waals surface area contributed by atoms with Crippen LogP contribution in [0.4, 0.5) is 16.6 Å². The zero-order valence-corrected chi connectivity index (χ0v) is 17.5. The lowest BCUT2D eigenvalue weighted by atomic mass is 10.2. The number of benzene rings is 1. The fraction of sp³-hybridized carbons (Fsp3) is 0.333. The number of rotatable bonds is 5. The molecule has 1 aromatic carbocycles. The zero-order chi connectivity index (χ0) is 20.9. The number of halogens is 1. The molecule has 1 aliphatic carbocycles. The lowest BCUT2D eigenvalue weighted by Crippen LogP contribution is -2.32. The number of imidazole rings is 1. The largest absolute Gasteiger partial charge is 0.346 e. The van der Waals surface area contributed by atoms with Gasteiger partial charge in [-0.3, -0.25) is 4.90 Å². The van der Waals surface area contributed by atoms with Gasteiger partial charge in [0, 0.05) is 30.2 Å². The summed E-state index contributed by atoms with van der Waals surface area (Å²) in [6, 6.07) is 9.23. The van der Waals surface area contributed by atoms with Crippen molar-refractivity contribution in [1.29, 1.82) is 0 Å². The third kappa shape index (κ3) is 3.27. The summed E-state index contributed by atoms with van der Waals surface area (Å²) in [5.74, 6) is 1.08. The lowest BCUT2D eigenvalue weighted by molar-refractivity contribution is 0.215. The molecule has 2 amide bonds. The highest BCUT2D eigenvalue weighted by Crippen LogP contribution is 2.46. The van der Waals surface area contributed by atoms with Gasteiger partial charge in [0.2, 0.25) is 5.95 Å². The Hall–Kier alpha value is -3.13. The number of carbonyl (C=O) groups is 1. The fourth-order valence-electron chi connectivity index (χ4n) is 3.82. The van der Waals surface area contributed by atoms with Crippen LogP contribution in [0.3, 0.4) is 0 Å². The second-order valence-electron chi connectivity index (χ2n) is 7.94. The van der Waals surface area contributed by atoms with Crippen LogP contribution < -0.4 is 10.2 Å². The third-order valence-corrected chi connectivity index (χ3v) is 6.19. The van der Waals surface area contributed by atoms with E-state index in [0.717, 1.165) is 24.2 Å². The molecular formula is C21H22ClN7O. The number of carbonyl (C=O) groups excluding carboxylic acids is 1. The van der Waals surface area contributed by atoms with Crippen LogP contribution in [-0.2, 0) is 0 Å². The van der Waals surface area contributed by atoms with Crippen molar-refractivity contribution >= 4 is 29.4 Å². The standard InChI is InChI=1S/C21H22ClN7O/c1-14(17-11-28(13-24-17)16-5-3-15(22)4-6-16)25-19-23-10-7-18(26-19)29-12-21(8-9-21)27(2)20(29)30/h3-7,10-11,13-14H,8-9,12H2,1-2H3,(H,23,25,26). The van der Waals surface area contributed by atoms with E-state index in [0.29, 0.717) is 23.3 Å². The van der Waals surface area contributed by atoms with Gasteiger partial charge in [0.15, 0.2) is 0 Å². The maximum atomic E-state index is 12.6. The quantitative estimate of drug-likeness (QED) is 0.673. The van der Waals surface area contributed by atoms with Crippen molar-refractivity contribution in [2.24, 2.45) is 0 Å². The predicted molar refractivity (Wildman–Crippen MR) is 115 cm³/mol. The van der Waals surface area contributed by atoms with Crippen molar-refractivity contribution in [3.05, 3.63) is 59.8 Å². The number of hydrogen-bond acceptors (Lipinski definition) is 5. The summed E-state index contributed by atoms with van der Waals surface area (Å²) in [6.07, 6.45) is 7.50. The number of anilines is 2. The first kappa shape index (κ1) is 18.9. The highest BCUT2D eigenvalue weighted by molar-refractivity contribution is 6.30. The van der Waals surface area contributed by atoms with Gasteiger partial charge >= 0.3 is 6.03 Å². The molecule has 5 rings (SSSR count). The molecule has 3 heterocycles. The van der Waals surface area contributed by atoms with Crippen LogP contribution >= 0.6 is 11.6 Å². The summed E-state index contributed by atoms with van der Waals surface area (Å²) >= 11 is 5.97. The molecule has 0 bridgehead atoms. The van der Waals surface area contributed by atoms with Crippen molar-refractivity contribution in [3.63, 3.8) is 0 Å². The van der Waals surface area contributed by atoms with E-state index in [2.05, 4.69) is 20.3 Å². The minimum Gasteiger partial charge on any atom is -0.346 e. The number of hydrogen-bond donors (Lipinski definition) is 1. The van der Waals surface area contributed by atoms with Gasteiger partial charge < -0.3 is 14.8 Å². The van der Waals surface area contributed by atoms with Crippen LogP contribution in [0.2, 0.25) is 5.02 Å². The summed E-state index contributed by atoms with van der Waals surface area (Å²) in [5, 5.41) is 3.98. The normalized spacial score (nSPS) is 18.2. The summed E-state index contributed by atoms with van der Waals surface area (Å²) in [5.41, 5.74) is 1.83. The van der Waals surface area contributed by atoms with E-state index in [9.17, 15) is 4.79 Å². The first-order valence-corrected chi connectivity index (χ1v) is 10.3. The number of urea groups is 1. The molecule has 3 aromatic rings. The van der Waals surface area contributed by atoms with Crippen LogP contribution in [0.5, 0.6) is 0 Å². The summed E-state index contributed by atoms with van der Waals surface area (Å²) in [7, 11) is 1.87. The molecule has 1 aliphatic heterocycles. The Labute approximate surface area is 179 Å². The Morgan fingerprint density at radius 3 is 2.63 bits per heavy atom. The van der Waals surface area contributed by atoms with E-state index in [1.807, 2.05) is 53.9 Å². The highest BCUT2D eigenvalue weighted by Gasteiger charge is 2.56.